The molecule has 0 fully saturated rings. The number of ether oxygens (including phenoxy) is 1. The molecule has 0 aromatic heterocycles. The Labute approximate surface area is 160 Å². The molecule has 0 atom stereocenters. The van der Waals surface area contributed by atoms with Crippen molar-refractivity contribution in [2.75, 3.05) is 19.7 Å². The van der Waals surface area contributed by atoms with Crippen LogP contribution in [0.1, 0.15) is 23.6 Å². The Kier molecular flexibility index (Phi) is 7.82. The summed E-state index contributed by atoms with van der Waals surface area (Å²) >= 11 is 0. The smallest absolute Gasteiger partial charge is 0.255 e. The lowest BCUT2D eigenvalue weighted by molar-refractivity contribution is -0.122. The standard InChI is InChI=1S/C21H27N3O3/c1-3-24(13-18-7-5-4-6-16(18)2)14-21(26)23-12-17-8-10-19(11-9-17)27-15-20(22)25/h4-11H,3,12-15H2,1-2H3,(H2,22,25)(H,23,26). The number of rotatable bonds is 10. The molecule has 0 spiro atoms. The highest BCUT2D eigenvalue weighted by Crippen LogP contribution is 2.12. The minimum absolute atomic E-state index is 0.0144. The van der Waals surface area contributed by atoms with Crippen LogP contribution in [0.25, 0.3) is 0 Å². The number of aryl methyl sites for hydroxylation is 1. The van der Waals surface area contributed by atoms with Gasteiger partial charge in [-0.2, -0.15) is 0 Å². The summed E-state index contributed by atoms with van der Waals surface area (Å²) in [5, 5.41) is 2.94. The Bertz CT molecular complexity index is 760. The summed E-state index contributed by atoms with van der Waals surface area (Å²) in [6, 6.07) is 15.4. The molecule has 144 valence electrons. The number of carbonyl (C=O) groups is 2. The van der Waals surface area contributed by atoms with Gasteiger partial charge in [-0.05, 0) is 42.3 Å². The van der Waals surface area contributed by atoms with Crippen LogP contribution in [0.3, 0.4) is 0 Å². The van der Waals surface area contributed by atoms with Crippen molar-refractivity contribution in [3.05, 3.63) is 65.2 Å². The van der Waals surface area contributed by atoms with E-state index in [4.69, 9.17) is 10.5 Å². The third kappa shape index (κ3) is 7.11. The summed E-state index contributed by atoms with van der Waals surface area (Å²) < 4.78 is 5.21. The van der Waals surface area contributed by atoms with Gasteiger partial charge < -0.3 is 15.8 Å². The number of benzene rings is 2. The second kappa shape index (κ2) is 10.3. The van der Waals surface area contributed by atoms with Crippen LogP contribution in [-0.4, -0.2) is 36.4 Å². The van der Waals surface area contributed by atoms with Gasteiger partial charge in [-0.1, -0.05) is 43.3 Å². The first-order chi connectivity index (χ1) is 13.0. The Morgan fingerprint density at radius 2 is 1.81 bits per heavy atom. The van der Waals surface area contributed by atoms with Crippen molar-refractivity contribution in [2.45, 2.75) is 26.9 Å². The quantitative estimate of drug-likeness (QED) is 0.671. The Hall–Kier alpha value is -2.86. The van der Waals surface area contributed by atoms with Gasteiger partial charge >= 0.3 is 0 Å². The number of primary amides is 1. The number of likely N-dealkylation sites (N-methyl/N-ethyl adjacent to an activating group) is 1. The predicted octanol–water partition coefficient (Wildman–Crippen LogP) is 2.00. The molecular weight excluding hydrogens is 342 g/mol. The summed E-state index contributed by atoms with van der Waals surface area (Å²) in [6.07, 6.45) is 0. The van der Waals surface area contributed by atoms with Crippen molar-refractivity contribution < 1.29 is 14.3 Å². The maximum absolute atomic E-state index is 12.3. The van der Waals surface area contributed by atoms with E-state index in [0.29, 0.717) is 18.8 Å². The van der Waals surface area contributed by atoms with Gasteiger partial charge in [0.1, 0.15) is 5.75 Å². The summed E-state index contributed by atoms with van der Waals surface area (Å²) in [5.74, 6) is 0.0382. The van der Waals surface area contributed by atoms with Crippen LogP contribution in [0.5, 0.6) is 5.75 Å². The largest absolute Gasteiger partial charge is 0.484 e. The molecule has 0 aliphatic rings. The Morgan fingerprint density at radius 1 is 1.11 bits per heavy atom. The Balaban J connectivity index is 1.80. The molecule has 0 heterocycles. The van der Waals surface area contributed by atoms with Crippen LogP contribution in [0.4, 0.5) is 0 Å². The van der Waals surface area contributed by atoms with Crippen molar-refractivity contribution in [3.8, 4) is 5.75 Å². The number of nitrogens with two attached hydrogens (primary N) is 1. The Morgan fingerprint density at radius 3 is 2.44 bits per heavy atom. The van der Waals surface area contributed by atoms with Gasteiger partial charge in [0.15, 0.2) is 6.61 Å². The van der Waals surface area contributed by atoms with Crippen LogP contribution in [0.15, 0.2) is 48.5 Å². The van der Waals surface area contributed by atoms with Gasteiger partial charge in [0.2, 0.25) is 5.91 Å². The van der Waals surface area contributed by atoms with Crippen LogP contribution in [-0.2, 0) is 22.7 Å². The van der Waals surface area contributed by atoms with Gasteiger partial charge in [-0.15, -0.1) is 0 Å². The van der Waals surface area contributed by atoms with E-state index in [2.05, 4.69) is 36.2 Å². The van der Waals surface area contributed by atoms with Crippen molar-refractivity contribution in [3.63, 3.8) is 0 Å². The van der Waals surface area contributed by atoms with Crippen LogP contribution >= 0.6 is 0 Å². The van der Waals surface area contributed by atoms with Crippen LogP contribution < -0.4 is 15.8 Å². The van der Waals surface area contributed by atoms with E-state index in [9.17, 15) is 9.59 Å². The van der Waals surface area contributed by atoms with Gasteiger partial charge in [0.25, 0.3) is 5.91 Å². The maximum atomic E-state index is 12.3. The number of amides is 2. The lowest BCUT2D eigenvalue weighted by Crippen LogP contribution is -2.36. The summed E-state index contributed by atoms with van der Waals surface area (Å²) in [4.78, 5) is 25.1. The van der Waals surface area contributed by atoms with Crippen LogP contribution in [0, 0.1) is 6.92 Å². The molecule has 3 N–H and O–H groups in total. The van der Waals surface area contributed by atoms with Gasteiger partial charge in [-0.25, -0.2) is 0 Å². The van der Waals surface area contributed by atoms with E-state index in [1.165, 1.54) is 11.1 Å². The molecule has 0 aliphatic carbocycles. The third-order valence-corrected chi connectivity index (χ3v) is 4.26. The zero-order chi connectivity index (χ0) is 19.6. The number of carbonyl (C=O) groups excluding carboxylic acids is 2. The molecule has 6 heteroatoms. The lowest BCUT2D eigenvalue weighted by Gasteiger charge is -2.21. The molecule has 27 heavy (non-hydrogen) atoms. The topological polar surface area (TPSA) is 84.7 Å². The number of nitrogens with zero attached hydrogens (tertiary/aromatic N) is 1. The zero-order valence-corrected chi connectivity index (χ0v) is 15.9. The number of hydrogen-bond acceptors (Lipinski definition) is 4. The summed E-state index contributed by atoms with van der Waals surface area (Å²) in [5.41, 5.74) is 8.47. The van der Waals surface area contributed by atoms with E-state index in [-0.39, 0.29) is 12.5 Å². The molecule has 0 unspecified atom stereocenters. The molecule has 0 saturated carbocycles. The monoisotopic (exact) mass is 369 g/mol. The highest BCUT2D eigenvalue weighted by atomic mass is 16.5. The predicted molar refractivity (Wildman–Crippen MR) is 105 cm³/mol. The second-order valence-corrected chi connectivity index (χ2v) is 6.41. The normalized spacial score (nSPS) is 10.6. The lowest BCUT2D eigenvalue weighted by atomic mass is 10.1. The molecule has 2 amide bonds. The molecule has 2 aromatic carbocycles. The highest BCUT2D eigenvalue weighted by molar-refractivity contribution is 5.78. The van der Waals surface area contributed by atoms with E-state index in [0.717, 1.165) is 18.7 Å². The third-order valence-electron chi connectivity index (χ3n) is 4.26. The molecular formula is C21H27N3O3. The first kappa shape index (κ1) is 20.5. The van der Waals surface area contributed by atoms with Crippen molar-refractivity contribution >= 4 is 11.8 Å². The molecule has 2 rings (SSSR count). The fourth-order valence-corrected chi connectivity index (χ4v) is 2.63. The minimum Gasteiger partial charge on any atom is -0.484 e. The molecule has 2 aromatic rings. The van der Waals surface area contributed by atoms with E-state index >= 15 is 0 Å². The van der Waals surface area contributed by atoms with Crippen LogP contribution in [0.2, 0.25) is 0 Å². The molecule has 0 saturated heterocycles. The van der Waals surface area contributed by atoms with E-state index < -0.39 is 5.91 Å². The number of hydrogen-bond donors (Lipinski definition) is 2. The number of nitrogens with one attached hydrogen (secondary N) is 1. The maximum Gasteiger partial charge on any atom is 0.255 e. The van der Waals surface area contributed by atoms with Crippen molar-refractivity contribution in [1.82, 2.24) is 10.2 Å². The van der Waals surface area contributed by atoms with Crippen molar-refractivity contribution in [1.29, 1.82) is 0 Å². The fraction of sp³-hybridized carbons (Fsp3) is 0.333. The minimum atomic E-state index is -0.516. The average molecular weight is 369 g/mol. The molecule has 0 aliphatic heterocycles. The SMILES string of the molecule is CCN(CC(=O)NCc1ccc(OCC(N)=O)cc1)Cc1ccccc1C. The first-order valence-corrected chi connectivity index (χ1v) is 9.01. The molecule has 0 radical (unpaired) electrons. The van der Waals surface area contributed by atoms with Crippen molar-refractivity contribution in [2.24, 2.45) is 5.73 Å². The fourth-order valence-electron chi connectivity index (χ4n) is 2.63. The molecule has 0 bridgehead atoms. The zero-order valence-electron chi connectivity index (χ0n) is 15.9. The molecule has 6 nitrogen and oxygen atoms in total. The van der Waals surface area contributed by atoms with E-state index in [1.54, 1.807) is 12.1 Å². The average Bonchev–Trinajstić information content (AvgIpc) is 2.66. The highest BCUT2D eigenvalue weighted by Gasteiger charge is 2.10. The van der Waals surface area contributed by atoms with Gasteiger partial charge in [0, 0.05) is 13.1 Å². The van der Waals surface area contributed by atoms with Gasteiger partial charge in [-0.3, -0.25) is 14.5 Å². The second-order valence-electron chi connectivity index (χ2n) is 6.41. The first-order valence-electron chi connectivity index (χ1n) is 9.01. The van der Waals surface area contributed by atoms with Gasteiger partial charge in [0.05, 0.1) is 6.54 Å². The summed E-state index contributed by atoms with van der Waals surface area (Å²) in [6.45, 7) is 6.33. The van der Waals surface area contributed by atoms with E-state index in [1.807, 2.05) is 24.3 Å². The summed E-state index contributed by atoms with van der Waals surface area (Å²) in [7, 11) is 0.